The van der Waals surface area contributed by atoms with Crippen LogP contribution in [-0.4, -0.2) is 80.1 Å². The van der Waals surface area contributed by atoms with Gasteiger partial charge in [-0.1, -0.05) is 78.1 Å². The molecule has 2 amide bonds. The third-order valence-corrected chi connectivity index (χ3v) is 6.89. The number of hydrogen-bond donors (Lipinski definition) is 1. The van der Waals surface area contributed by atoms with Crippen LogP contribution in [0, 0.1) is 0 Å². The maximum Gasteiger partial charge on any atom is 1.00 e. The van der Waals surface area contributed by atoms with Crippen LogP contribution in [-0.2, 0) is 38.7 Å². The van der Waals surface area contributed by atoms with Crippen molar-refractivity contribution in [2.45, 2.75) is 109 Å². The zero-order chi connectivity index (χ0) is 29.5. The van der Waals surface area contributed by atoms with Gasteiger partial charge in [-0.25, -0.2) is 13.2 Å². The van der Waals surface area contributed by atoms with Crippen LogP contribution in [0.4, 0.5) is 4.79 Å². The van der Waals surface area contributed by atoms with Gasteiger partial charge in [-0.3, -0.25) is 19.3 Å². The van der Waals surface area contributed by atoms with E-state index in [1.165, 1.54) is 18.2 Å². The van der Waals surface area contributed by atoms with E-state index in [1.54, 1.807) is 0 Å². The molecule has 1 fully saturated rings. The molecule has 0 radical (unpaired) electrons. The van der Waals surface area contributed by atoms with Crippen molar-refractivity contribution in [2.24, 2.45) is 0 Å². The van der Waals surface area contributed by atoms with E-state index in [-0.39, 0.29) is 61.4 Å². The van der Waals surface area contributed by atoms with Crippen LogP contribution >= 0.6 is 0 Å². The quantitative estimate of drug-likeness (QED) is 0.0686. The standard InChI is InChI=1S/C20H38O7S.C6H10N2O3.Na/c1-3-5-7-9-11-13-15-26-19(21)17-18(28(23,24)25)20(22)27-16-14-12-10-8-6-4-2;1-5(9)7-4-8-2-3-11-6(8)10;/h18H,3-17H2,1-2H3,(H,23,24,25);2-4H2,1H3,(H,7,9);/q;;+1/p-1. The predicted molar refractivity (Wildman–Crippen MR) is 144 cm³/mol. The Morgan fingerprint density at radius 2 is 1.43 bits per heavy atom. The van der Waals surface area contributed by atoms with Crippen molar-refractivity contribution in [1.29, 1.82) is 0 Å². The van der Waals surface area contributed by atoms with E-state index >= 15 is 0 Å². The number of carbonyl (C=O) groups excluding carboxylic acids is 4. The summed E-state index contributed by atoms with van der Waals surface area (Å²) in [6.45, 7) is 7.06. The van der Waals surface area contributed by atoms with E-state index in [2.05, 4.69) is 23.9 Å². The summed E-state index contributed by atoms with van der Waals surface area (Å²) in [5.74, 6) is -2.18. The number of hydrogen-bond acceptors (Lipinski definition) is 10. The molecule has 1 unspecified atom stereocenters. The first-order valence-corrected chi connectivity index (χ1v) is 15.4. The van der Waals surface area contributed by atoms with Crippen molar-refractivity contribution < 1.29 is 75.9 Å². The third kappa shape index (κ3) is 22.3. The summed E-state index contributed by atoms with van der Waals surface area (Å²) < 4.78 is 48.5. The minimum atomic E-state index is -4.98. The molecular formula is C26H47N2NaO10S. The van der Waals surface area contributed by atoms with Gasteiger partial charge in [0.15, 0.2) is 5.25 Å². The molecule has 1 N–H and O–H groups in total. The van der Waals surface area contributed by atoms with E-state index in [0.29, 0.717) is 26.0 Å². The summed E-state index contributed by atoms with van der Waals surface area (Å²) in [7, 11) is -4.98. The number of rotatable bonds is 20. The second-order valence-electron chi connectivity index (χ2n) is 9.38. The average molecular weight is 603 g/mol. The van der Waals surface area contributed by atoms with Crippen LogP contribution in [0.3, 0.4) is 0 Å². The van der Waals surface area contributed by atoms with E-state index < -0.39 is 33.7 Å². The predicted octanol–water partition coefficient (Wildman–Crippen LogP) is 0.634. The maximum absolute atomic E-state index is 11.9. The summed E-state index contributed by atoms with van der Waals surface area (Å²) >= 11 is 0. The van der Waals surface area contributed by atoms with Crippen LogP contribution in [0.5, 0.6) is 0 Å². The molecule has 0 bridgehead atoms. The molecular weight excluding hydrogens is 555 g/mol. The van der Waals surface area contributed by atoms with Crippen LogP contribution < -0.4 is 34.9 Å². The van der Waals surface area contributed by atoms with Crippen LogP contribution in [0.2, 0.25) is 0 Å². The van der Waals surface area contributed by atoms with Crippen LogP contribution in [0.25, 0.3) is 0 Å². The molecule has 0 aromatic carbocycles. The second kappa shape index (κ2) is 25.3. The molecule has 1 rings (SSSR count). The Morgan fingerprint density at radius 1 is 0.925 bits per heavy atom. The summed E-state index contributed by atoms with van der Waals surface area (Å²) in [6, 6.07) is 0. The average Bonchev–Trinajstić information content (AvgIpc) is 3.29. The Bertz CT molecular complexity index is 826. The van der Waals surface area contributed by atoms with E-state index in [0.717, 1.165) is 57.8 Å². The molecule has 0 saturated carbocycles. The number of nitrogens with one attached hydrogen (secondary N) is 1. The van der Waals surface area contributed by atoms with Crippen molar-refractivity contribution in [3.63, 3.8) is 0 Å². The van der Waals surface area contributed by atoms with Crippen molar-refractivity contribution in [1.82, 2.24) is 10.2 Å². The zero-order valence-corrected chi connectivity index (χ0v) is 27.6. The molecule has 1 aliphatic rings. The fourth-order valence-electron chi connectivity index (χ4n) is 3.51. The molecule has 228 valence electrons. The Hall–Kier alpha value is -1.41. The Kier molecular flexibility index (Phi) is 25.8. The molecule has 12 nitrogen and oxygen atoms in total. The molecule has 1 saturated heterocycles. The molecule has 0 spiro atoms. The summed E-state index contributed by atoms with van der Waals surface area (Å²) in [4.78, 5) is 46.3. The first kappa shape index (κ1) is 40.7. The Morgan fingerprint density at radius 3 is 1.88 bits per heavy atom. The fourth-order valence-corrected chi connectivity index (χ4v) is 4.15. The number of nitrogens with zero attached hydrogens (tertiary/aromatic N) is 1. The number of unbranched alkanes of at least 4 members (excludes halogenated alkanes) is 10. The van der Waals surface area contributed by atoms with E-state index in [9.17, 15) is 32.1 Å². The number of carbonyl (C=O) groups is 4. The van der Waals surface area contributed by atoms with Gasteiger partial charge in [0, 0.05) is 6.92 Å². The van der Waals surface area contributed by atoms with Gasteiger partial charge in [0.05, 0.1) is 32.8 Å². The summed E-state index contributed by atoms with van der Waals surface area (Å²) in [5, 5.41) is 0.467. The molecule has 0 aromatic rings. The molecule has 0 aliphatic carbocycles. The van der Waals surface area contributed by atoms with E-state index in [4.69, 9.17) is 9.47 Å². The first-order valence-electron chi connectivity index (χ1n) is 14.0. The molecule has 0 aromatic heterocycles. The van der Waals surface area contributed by atoms with Gasteiger partial charge in [-0.2, -0.15) is 0 Å². The Labute approximate surface area is 261 Å². The minimum Gasteiger partial charge on any atom is -0.747 e. The van der Waals surface area contributed by atoms with Crippen LogP contribution in [0.1, 0.15) is 104 Å². The SMILES string of the molecule is CC(=O)NCN1CCOC1=O.CCCCCCCCOC(=O)CC(C(=O)OCCCCCCCC)S(=O)(=O)[O-].[Na+]. The topological polar surface area (TPSA) is 168 Å². The third-order valence-electron chi connectivity index (χ3n) is 5.83. The number of cyclic esters (lactones) is 1. The smallest absolute Gasteiger partial charge is 0.747 e. The number of esters is 2. The van der Waals surface area contributed by atoms with Gasteiger partial charge in [-0.15, -0.1) is 0 Å². The largest absolute Gasteiger partial charge is 1.00 e. The number of amides is 2. The number of ether oxygens (including phenoxy) is 3. The van der Waals surface area contributed by atoms with Crippen molar-refractivity contribution in [3.05, 3.63) is 0 Å². The van der Waals surface area contributed by atoms with Gasteiger partial charge < -0.3 is 24.1 Å². The van der Waals surface area contributed by atoms with Crippen LogP contribution in [0.15, 0.2) is 0 Å². The van der Waals surface area contributed by atoms with Gasteiger partial charge in [-0.05, 0) is 12.8 Å². The van der Waals surface area contributed by atoms with Gasteiger partial charge in [0.2, 0.25) is 5.91 Å². The Balaban J connectivity index is 0. The summed E-state index contributed by atoms with van der Waals surface area (Å²) in [5.41, 5.74) is 0. The van der Waals surface area contributed by atoms with Crippen molar-refractivity contribution in [2.75, 3.05) is 33.0 Å². The maximum atomic E-state index is 11.9. The molecule has 1 aliphatic heterocycles. The van der Waals surface area contributed by atoms with Crippen molar-refractivity contribution in [3.8, 4) is 0 Å². The van der Waals surface area contributed by atoms with Gasteiger partial charge in [0.25, 0.3) is 0 Å². The monoisotopic (exact) mass is 602 g/mol. The van der Waals surface area contributed by atoms with Gasteiger partial charge >= 0.3 is 47.6 Å². The van der Waals surface area contributed by atoms with Crippen molar-refractivity contribution >= 4 is 34.1 Å². The normalized spacial score (nSPS) is 13.3. The summed E-state index contributed by atoms with van der Waals surface area (Å²) in [6.07, 6.45) is 10.8. The fraction of sp³-hybridized carbons (Fsp3) is 0.846. The zero-order valence-electron chi connectivity index (χ0n) is 24.7. The van der Waals surface area contributed by atoms with E-state index in [1.807, 2.05) is 0 Å². The molecule has 1 heterocycles. The molecule has 14 heteroatoms. The molecule has 40 heavy (non-hydrogen) atoms. The molecule has 1 atom stereocenters. The van der Waals surface area contributed by atoms with Gasteiger partial charge in [0.1, 0.15) is 16.7 Å². The second-order valence-corrected chi connectivity index (χ2v) is 10.9. The first-order chi connectivity index (χ1) is 18.5. The minimum absolute atomic E-state index is 0.